The van der Waals surface area contributed by atoms with Crippen molar-refractivity contribution in [3.63, 3.8) is 0 Å². The Labute approximate surface area is 174 Å². The van der Waals surface area contributed by atoms with E-state index in [4.69, 9.17) is 0 Å². The SMILES string of the molecule is CC(=O)Nc1ccc2nc3sc(C(=O)N(C)C4CCCCC4)c(C)n3c2c1.Cl. The van der Waals surface area contributed by atoms with Crippen molar-refractivity contribution < 1.29 is 9.59 Å². The molecule has 0 bridgehead atoms. The van der Waals surface area contributed by atoms with Gasteiger partial charge < -0.3 is 10.2 Å². The number of hydrogen-bond acceptors (Lipinski definition) is 4. The van der Waals surface area contributed by atoms with Gasteiger partial charge in [0.05, 0.1) is 11.0 Å². The van der Waals surface area contributed by atoms with E-state index in [-0.39, 0.29) is 24.2 Å². The number of rotatable bonds is 3. The summed E-state index contributed by atoms with van der Waals surface area (Å²) in [5.74, 6) is -0.0248. The number of halogens is 1. The molecule has 1 saturated carbocycles. The zero-order valence-electron chi connectivity index (χ0n) is 16.3. The fourth-order valence-corrected chi connectivity index (χ4v) is 5.11. The molecule has 3 aromatic rings. The van der Waals surface area contributed by atoms with Crippen molar-refractivity contribution in [2.75, 3.05) is 12.4 Å². The summed E-state index contributed by atoms with van der Waals surface area (Å²) in [5, 5.41) is 2.81. The Morgan fingerprint density at radius 2 is 1.96 bits per heavy atom. The van der Waals surface area contributed by atoms with Gasteiger partial charge in [-0.3, -0.25) is 14.0 Å². The Balaban J connectivity index is 0.00000225. The van der Waals surface area contributed by atoms with Crippen LogP contribution in [0, 0.1) is 6.92 Å². The summed E-state index contributed by atoms with van der Waals surface area (Å²) >= 11 is 1.44. The summed E-state index contributed by atoms with van der Waals surface area (Å²) < 4.78 is 2.02. The summed E-state index contributed by atoms with van der Waals surface area (Å²) in [6.07, 6.45) is 5.85. The van der Waals surface area contributed by atoms with Crippen molar-refractivity contribution in [1.82, 2.24) is 14.3 Å². The molecular weight excluding hydrogens is 396 g/mol. The molecule has 1 N–H and O–H groups in total. The van der Waals surface area contributed by atoms with Crippen molar-refractivity contribution in [3.8, 4) is 0 Å². The van der Waals surface area contributed by atoms with Crippen LogP contribution in [-0.2, 0) is 4.79 Å². The van der Waals surface area contributed by atoms with Crippen LogP contribution in [0.4, 0.5) is 5.69 Å². The number of amides is 2. The van der Waals surface area contributed by atoms with Gasteiger partial charge in [0, 0.05) is 31.4 Å². The third-order valence-electron chi connectivity index (χ3n) is 5.44. The molecule has 2 amide bonds. The number of thiazole rings is 1. The second-order valence-corrected chi connectivity index (χ2v) is 8.32. The van der Waals surface area contributed by atoms with Gasteiger partial charge in [0.1, 0.15) is 4.88 Å². The number of carbonyl (C=O) groups is 2. The van der Waals surface area contributed by atoms with Crippen molar-refractivity contribution >= 4 is 57.2 Å². The summed E-state index contributed by atoms with van der Waals surface area (Å²) in [7, 11) is 1.92. The van der Waals surface area contributed by atoms with Gasteiger partial charge in [0.25, 0.3) is 5.91 Å². The molecule has 0 radical (unpaired) electrons. The number of fused-ring (bicyclic) bond motifs is 3. The van der Waals surface area contributed by atoms with E-state index in [1.165, 1.54) is 37.5 Å². The van der Waals surface area contributed by atoms with Gasteiger partial charge in [-0.2, -0.15) is 0 Å². The van der Waals surface area contributed by atoms with Crippen LogP contribution in [0.2, 0.25) is 0 Å². The first-order valence-electron chi connectivity index (χ1n) is 9.42. The summed E-state index contributed by atoms with van der Waals surface area (Å²) in [4.78, 5) is 32.6. The van der Waals surface area contributed by atoms with E-state index >= 15 is 0 Å². The van der Waals surface area contributed by atoms with E-state index in [0.29, 0.717) is 6.04 Å². The van der Waals surface area contributed by atoms with E-state index in [1.807, 2.05) is 41.5 Å². The first kappa shape index (κ1) is 20.6. The molecule has 150 valence electrons. The van der Waals surface area contributed by atoms with Gasteiger partial charge in [-0.1, -0.05) is 30.6 Å². The molecule has 28 heavy (non-hydrogen) atoms. The highest BCUT2D eigenvalue weighted by atomic mass is 35.5. The van der Waals surface area contributed by atoms with Crippen LogP contribution in [0.3, 0.4) is 0 Å². The maximum atomic E-state index is 13.1. The zero-order valence-corrected chi connectivity index (χ0v) is 18.0. The maximum absolute atomic E-state index is 13.1. The van der Waals surface area contributed by atoms with E-state index < -0.39 is 0 Å². The lowest BCUT2D eigenvalue weighted by atomic mass is 9.94. The molecule has 2 aromatic heterocycles. The molecule has 6 nitrogen and oxygen atoms in total. The van der Waals surface area contributed by atoms with Crippen LogP contribution in [0.25, 0.3) is 16.0 Å². The molecule has 1 aliphatic rings. The third kappa shape index (κ3) is 3.61. The highest BCUT2D eigenvalue weighted by molar-refractivity contribution is 7.19. The Morgan fingerprint density at radius 1 is 1.25 bits per heavy atom. The Hall–Kier alpha value is -2.12. The lowest BCUT2D eigenvalue weighted by Crippen LogP contribution is -2.38. The van der Waals surface area contributed by atoms with Crippen molar-refractivity contribution in [2.24, 2.45) is 0 Å². The normalized spacial score (nSPS) is 14.8. The van der Waals surface area contributed by atoms with Gasteiger partial charge in [-0.15, -0.1) is 12.4 Å². The maximum Gasteiger partial charge on any atom is 0.265 e. The lowest BCUT2D eigenvalue weighted by Gasteiger charge is -2.31. The molecule has 2 heterocycles. The van der Waals surface area contributed by atoms with E-state index in [0.717, 1.165) is 45.1 Å². The molecule has 1 aromatic carbocycles. The van der Waals surface area contributed by atoms with Crippen LogP contribution in [-0.4, -0.2) is 39.2 Å². The number of carbonyl (C=O) groups excluding carboxylic acids is 2. The highest BCUT2D eigenvalue weighted by Crippen LogP contribution is 2.31. The van der Waals surface area contributed by atoms with Crippen LogP contribution < -0.4 is 5.32 Å². The standard InChI is InChI=1S/C20H24N4O2S.ClH/c1-12-18(19(26)23(3)15-7-5-4-6-8-15)27-20-22-16-10-9-14(21-13(2)25)11-17(16)24(12)20;/h9-11,15H,4-8H2,1-3H3,(H,21,25);1H. The molecule has 1 aliphatic carbocycles. The van der Waals surface area contributed by atoms with Crippen molar-refractivity contribution in [3.05, 3.63) is 28.8 Å². The van der Waals surface area contributed by atoms with Crippen molar-refractivity contribution in [1.29, 1.82) is 0 Å². The number of nitrogens with zero attached hydrogens (tertiary/aromatic N) is 3. The monoisotopic (exact) mass is 420 g/mol. The molecular formula is C20H25ClN4O2S. The number of benzene rings is 1. The molecule has 0 unspecified atom stereocenters. The summed E-state index contributed by atoms with van der Waals surface area (Å²) in [6.45, 7) is 3.46. The summed E-state index contributed by atoms with van der Waals surface area (Å²) in [5.41, 5.74) is 3.40. The van der Waals surface area contributed by atoms with E-state index in [1.54, 1.807) is 0 Å². The molecule has 0 atom stereocenters. The Morgan fingerprint density at radius 3 is 2.64 bits per heavy atom. The Bertz CT molecular complexity index is 1040. The topological polar surface area (TPSA) is 66.7 Å². The average Bonchev–Trinajstić information content (AvgIpc) is 3.17. The molecule has 8 heteroatoms. The first-order chi connectivity index (χ1) is 13.0. The molecule has 4 rings (SSSR count). The smallest absolute Gasteiger partial charge is 0.265 e. The minimum Gasteiger partial charge on any atom is -0.338 e. The van der Waals surface area contributed by atoms with Gasteiger partial charge in [0.15, 0.2) is 4.96 Å². The second kappa shape index (κ2) is 8.09. The third-order valence-corrected chi connectivity index (χ3v) is 6.57. The number of imidazole rings is 1. The van der Waals surface area contributed by atoms with Crippen LogP contribution in [0.1, 0.15) is 54.4 Å². The minimum absolute atomic E-state index is 0. The highest BCUT2D eigenvalue weighted by Gasteiger charge is 2.27. The average molecular weight is 421 g/mol. The quantitative estimate of drug-likeness (QED) is 0.671. The number of aromatic nitrogens is 2. The molecule has 0 aliphatic heterocycles. The first-order valence-corrected chi connectivity index (χ1v) is 10.2. The second-order valence-electron chi connectivity index (χ2n) is 7.34. The van der Waals surface area contributed by atoms with Gasteiger partial charge >= 0.3 is 0 Å². The minimum atomic E-state index is -0.109. The number of anilines is 1. The Kier molecular flexibility index (Phi) is 5.95. The van der Waals surface area contributed by atoms with Crippen LogP contribution >= 0.6 is 23.7 Å². The lowest BCUT2D eigenvalue weighted by molar-refractivity contribution is -0.114. The van der Waals surface area contributed by atoms with Gasteiger partial charge in [-0.25, -0.2) is 4.98 Å². The van der Waals surface area contributed by atoms with Crippen LogP contribution in [0.5, 0.6) is 0 Å². The van der Waals surface area contributed by atoms with Gasteiger partial charge in [0.2, 0.25) is 5.91 Å². The van der Waals surface area contributed by atoms with Gasteiger partial charge in [-0.05, 0) is 38.0 Å². The van der Waals surface area contributed by atoms with E-state index in [2.05, 4.69) is 10.3 Å². The largest absolute Gasteiger partial charge is 0.338 e. The molecule has 0 saturated heterocycles. The molecule has 1 fully saturated rings. The zero-order chi connectivity index (χ0) is 19.1. The number of aryl methyl sites for hydroxylation is 1. The van der Waals surface area contributed by atoms with E-state index in [9.17, 15) is 9.59 Å². The fraction of sp³-hybridized carbons (Fsp3) is 0.450. The van der Waals surface area contributed by atoms with Crippen molar-refractivity contribution in [2.45, 2.75) is 52.0 Å². The molecule has 0 spiro atoms. The number of nitrogens with one attached hydrogen (secondary N) is 1. The fourth-order valence-electron chi connectivity index (χ4n) is 3.99. The van der Waals surface area contributed by atoms with Crippen LogP contribution in [0.15, 0.2) is 18.2 Å². The predicted octanol–water partition coefficient (Wildman–Crippen LogP) is 4.64. The number of hydrogen-bond donors (Lipinski definition) is 1. The summed E-state index contributed by atoms with van der Waals surface area (Å²) in [6, 6.07) is 5.99. The predicted molar refractivity (Wildman–Crippen MR) is 116 cm³/mol.